The van der Waals surface area contributed by atoms with Crippen LogP contribution in [-0.4, -0.2) is 16.7 Å². The zero-order chi connectivity index (χ0) is 19.9. The summed E-state index contributed by atoms with van der Waals surface area (Å²) in [6, 6.07) is 20.7. The largest absolute Gasteiger partial charge is 0.422 e. The van der Waals surface area contributed by atoms with E-state index >= 15 is 0 Å². The smallest absolute Gasteiger partial charge is 0.343 e. The summed E-state index contributed by atoms with van der Waals surface area (Å²) in [5.74, 6) is -0.537. The van der Waals surface area contributed by atoms with E-state index in [0.717, 1.165) is 0 Å². The number of carbonyl (C=O) groups is 2. The molecular formula is C22H15NO5. The number of hydrogen-bond acceptors (Lipinski definition) is 5. The highest BCUT2D eigenvalue weighted by Gasteiger charge is 2.13. The molecule has 0 saturated heterocycles. The number of rotatable bonds is 6. The van der Waals surface area contributed by atoms with Crippen LogP contribution >= 0.6 is 0 Å². The Kier molecular flexibility index (Phi) is 5.72. The number of nitrogens with zero attached hydrogens (tertiary/aromatic N) is 1. The van der Waals surface area contributed by atoms with Gasteiger partial charge in [-0.1, -0.05) is 48.5 Å². The van der Waals surface area contributed by atoms with E-state index in [0.29, 0.717) is 11.1 Å². The van der Waals surface area contributed by atoms with Crippen molar-refractivity contribution < 1.29 is 19.2 Å². The molecule has 0 radical (unpaired) electrons. The van der Waals surface area contributed by atoms with Gasteiger partial charge in [0.2, 0.25) is 0 Å². The van der Waals surface area contributed by atoms with E-state index in [1.807, 2.05) is 6.07 Å². The van der Waals surface area contributed by atoms with Crippen molar-refractivity contribution in [3.8, 4) is 5.75 Å². The highest BCUT2D eigenvalue weighted by molar-refractivity contribution is 6.07. The second-order valence-corrected chi connectivity index (χ2v) is 5.79. The summed E-state index contributed by atoms with van der Waals surface area (Å²) >= 11 is 0. The molecule has 0 atom stereocenters. The summed E-state index contributed by atoms with van der Waals surface area (Å²) in [5.41, 5.74) is 1.19. The number of esters is 1. The third-order valence-corrected chi connectivity index (χ3v) is 3.91. The van der Waals surface area contributed by atoms with Crippen molar-refractivity contribution in [2.75, 3.05) is 0 Å². The molecule has 3 rings (SSSR count). The zero-order valence-corrected chi connectivity index (χ0v) is 14.6. The van der Waals surface area contributed by atoms with Crippen LogP contribution in [0.3, 0.4) is 0 Å². The van der Waals surface area contributed by atoms with Crippen molar-refractivity contribution in [1.82, 2.24) is 0 Å². The van der Waals surface area contributed by atoms with Gasteiger partial charge >= 0.3 is 5.97 Å². The second kappa shape index (κ2) is 8.55. The van der Waals surface area contributed by atoms with Crippen LogP contribution in [0.5, 0.6) is 5.75 Å². The molecule has 0 aliphatic heterocycles. The molecule has 0 spiro atoms. The van der Waals surface area contributed by atoms with E-state index in [-0.39, 0.29) is 22.8 Å². The molecule has 0 bridgehead atoms. The van der Waals surface area contributed by atoms with Crippen LogP contribution < -0.4 is 4.74 Å². The summed E-state index contributed by atoms with van der Waals surface area (Å²) in [4.78, 5) is 34.7. The first-order valence-corrected chi connectivity index (χ1v) is 8.38. The highest BCUT2D eigenvalue weighted by atomic mass is 16.6. The average Bonchev–Trinajstić information content (AvgIpc) is 2.73. The minimum Gasteiger partial charge on any atom is -0.422 e. The van der Waals surface area contributed by atoms with Crippen molar-refractivity contribution in [2.45, 2.75) is 0 Å². The van der Waals surface area contributed by atoms with E-state index in [9.17, 15) is 19.7 Å². The summed E-state index contributed by atoms with van der Waals surface area (Å²) < 4.78 is 5.40. The maximum atomic E-state index is 12.3. The molecule has 0 N–H and O–H groups in total. The lowest BCUT2D eigenvalue weighted by atomic mass is 10.1. The molecule has 138 valence electrons. The van der Waals surface area contributed by atoms with Crippen LogP contribution in [-0.2, 0) is 0 Å². The molecule has 0 heterocycles. The number of non-ortho nitro benzene ring substituents is 1. The van der Waals surface area contributed by atoms with Crippen LogP contribution in [0.15, 0.2) is 84.9 Å². The fraction of sp³-hybridized carbons (Fsp3) is 0. The molecule has 0 unspecified atom stereocenters. The second-order valence-electron chi connectivity index (χ2n) is 5.79. The van der Waals surface area contributed by atoms with Crippen LogP contribution in [0, 0.1) is 10.1 Å². The molecule has 6 heteroatoms. The van der Waals surface area contributed by atoms with E-state index in [1.54, 1.807) is 54.6 Å². The Labute approximate surface area is 160 Å². The summed E-state index contributed by atoms with van der Waals surface area (Å²) in [5, 5.41) is 10.7. The number of benzene rings is 3. The van der Waals surface area contributed by atoms with Crippen LogP contribution in [0.4, 0.5) is 5.69 Å². The standard InChI is InChI=1S/C22H15NO5/c24-20(16-6-2-1-3-7-16)15-12-17-8-4-5-9-21(17)28-22(25)18-10-13-19(14-11-18)23(26)27/h1-15H/b15-12+. The van der Waals surface area contributed by atoms with Gasteiger partial charge in [0, 0.05) is 23.3 Å². The third kappa shape index (κ3) is 4.56. The predicted molar refractivity (Wildman–Crippen MR) is 104 cm³/mol. The Morgan fingerprint density at radius 3 is 2.14 bits per heavy atom. The van der Waals surface area contributed by atoms with Crippen molar-refractivity contribution >= 4 is 23.5 Å². The molecule has 0 aliphatic rings. The van der Waals surface area contributed by atoms with Crippen molar-refractivity contribution in [3.05, 3.63) is 112 Å². The highest BCUT2D eigenvalue weighted by Crippen LogP contribution is 2.22. The molecule has 28 heavy (non-hydrogen) atoms. The molecule has 0 fully saturated rings. The summed E-state index contributed by atoms with van der Waals surface area (Å²) in [7, 11) is 0. The summed E-state index contributed by atoms with van der Waals surface area (Å²) in [6.07, 6.45) is 2.99. The number of hydrogen-bond donors (Lipinski definition) is 0. The van der Waals surface area contributed by atoms with Crippen LogP contribution in [0.1, 0.15) is 26.3 Å². The lowest BCUT2D eigenvalue weighted by Crippen LogP contribution is -2.09. The quantitative estimate of drug-likeness (QED) is 0.156. The molecule has 6 nitrogen and oxygen atoms in total. The first-order valence-electron chi connectivity index (χ1n) is 8.38. The number of para-hydroxylation sites is 1. The van der Waals surface area contributed by atoms with Gasteiger partial charge < -0.3 is 4.74 Å². The number of nitro groups is 1. The zero-order valence-electron chi connectivity index (χ0n) is 14.6. The number of carbonyl (C=O) groups excluding carboxylic acids is 2. The molecule has 0 aliphatic carbocycles. The average molecular weight is 373 g/mol. The normalized spacial score (nSPS) is 10.6. The molecule has 0 saturated carbocycles. The maximum Gasteiger partial charge on any atom is 0.343 e. The van der Waals surface area contributed by atoms with Crippen molar-refractivity contribution in [1.29, 1.82) is 0 Å². The van der Waals surface area contributed by atoms with Gasteiger partial charge in [-0.2, -0.15) is 0 Å². The van der Waals surface area contributed by atoms with Crippen molar-refractivity contribution in [3.63, 3.8) is 0 Å². The maximum absolute atomic E-state index is 12.3. The van der Waals surface area contributed by atoms with Gasteiger partial charge in [-0.25, -0.2) is 4.79 Å². The topological polar surface area (TPSA) is 86.5 Å². The molecular weight excluding hydrogens is 358 g/mol. The predicted octanol–water partition coefficient (Wildman–Crippen LogP) is 4.71. The first-order chi connectivity index (χ1) is 13.5. The Hall–Kier alpha value is -4.06. The number of ether oxygens (including phenoxy) is 1. The Morgan fingerprint density at radius 1 is 0.821 bits per heavy atom. The fourth-order valence-electron chi connectivity index (χ4n) is 2.45. The molecule has 0 amide bonds. The lowest BCUT2D eigenvalue weighted by Gasteiger charge is -2.07. The first kappa shape index (κ1) is 18.7. The van der Waals surface area contributed by atoms with Crippen LogP contribution in [0.25, 0.3) is 6.08 Å². The lowest BCUT2D eigenvalue weighted by molar-refractivity contribution is -0.384. The Bertz CT molecular complexity index is 1040. The van der Waals surface area contributed by atoms with Gasteiger partial charge in [-0.05, 0) is 30.4 Å². The fourth-order valence-corrected chi connectivity index (χ4v) is 2.45. The number of nitro benzene ring substituents is 1. The molecule has 3 aromatic rings. The number of allylic oxidation sites excluding steroid dienone is 1. The Morgan fingerprint density at radius 2 is 1.46 bits per heavy atom. The van der Waals surface area contributed by atoms with Crippen molar-refractivity contribution in [2.24, 2.45) is 0 Å². The van der Waals surface area contributed by atoms with E-state index in [4.69, 9.17) is 4.74 Å². The van der Waals surface area contributed by atoms with Gasteiger partial charge in [-0.3, -0.25) is 14.9 Å². The van der Waals surface area contributed by atoms with Crippen LogP contribution in [0.2, 0.25) is 0 Å². The van der Waals surface area contributed by atoms with Gasteiger partial charge in [0.15, 0.2) is 5.78 Å². The SMILES string of the molecule is O=C(/C=C/c1ccccc1OC(=O)c1ccc([N+](=O)[O-])cc1)c1ccccc1. The van der Waals surface area contributed by atoms with E-state index in [2.05, 4.69) is 0 Å². The van der Waals surface area contributed by atoms with Gasteiger partial charge in [-0.15, -0.1) is 0 Å². The minimum absolute atomic E-state index is 0.112. The minimum atomic E-state index is -0.648. The van der Waals surface area contributed by atoms with Gasteiger partial charge in [0.05, 0.1) is 10.5 Å². The van der Waals surface area contributed by atoms with E-state index < -0.39 is 10.9 Å². The Balaban J connectivity index is 1.76. The number of ketones is 1. The van der Waals surface area contributed by atoms with Gasteiger partial charge in [0.1, 0.15) is 5.75 Å². The summed E-state index contributed by atoms with van der Waals surface area (Å²) in [6.45, 7) is 0. The monoisotopic (exact) mass is 373 g/mol. The third-order valence-electron chi connectivity index (χ3n) is 3.91. The molecule has 3 aromatic carbocycles. The van der Waals surface area contributed by atoms with E-state index in [1.165, 1.54) is 30.3 Å². The molecule has 0 aromatic heterocycles. The van der Waals surface area contributed by atoms with Gasteiger partial charge in [0.25, 0.3) is 5.69 Å².